The van der Waals surface area contributed by atoms with E-state index in [2.05, 4.69) is 14.9 Å². The van der Waals surface area contributed by atoms with Gasteiger partial charge >= 0.3 is 5.97 Å². The SMILES string of the molecule is COC(=O)c1ccc(NC(=O)CON)cc1. The first-order chi connectivity index (χ1) is 7.67. The van der Waals surface area contributed by atoms with Gasteiger partial charge in [0.1, 0.15) is 6.61 Å². The highest BCUT2D eigenvalue weighted by molar-refractivity contribution is 5.93. The molecule has 6 heteroatoms. The molecule has 0 heterocycles. The van der Waals surface area contributed by atoms with E-state index in [1.807, 2.05) is 0 Å². The van der Waals surface area contributed by atoms with Crippen molar-refractivity contribution in [2.45, 2.75) is 0 Å². The molecule has 6 nitrogen and oxygen atoms in total. The Labute approximate surface area is 92.3 Å². The average Bonchev–Trinajstić information content (AvgIpc) is 2.29. The second-order valence-corrected chi connectivity index (χ2v) is 2.93. The van der Waals surface area contributed by atoms with Gasteiger partial charge in [-0.15, -0.1) is 0 Å². The molecule has 0 aliphatic heterocycles. The van der Waals surface area contributed by atoms with Crippen LogP contribution < -0.4 is 11.2 Å². The lowest BCUT2D eigenvalue weighted by atomic mass is 10.2. The summed E-state index contributed by atoms with van der Waals surface area (Å²) in [7, 11) is 1.30. The van der Waals surface area contributed by atoms with E-state index >= 15 is 0 Å². The Morgan fingerprint density at radius 2 is 1.94 bits per heavy atom. The molecule has 0 atom stereocenters. The van der Waals surface area contributed by atoms with Crippen LogP contribution in [0.4, 0.5) is 5.69 Å². The van der Waals surface area contributed by atoms with Crippen LogP contribution in [-0.2, 0) is 14.4 Å². The molecule has 0 bridgehead atoms. The number of hydrogen-bond donors (Lipinski definition) is 2. The zero-order chi connectivity index (χ0) is 12.0. The highest BCUT2D eigenvalue weighted by Gasteiger charge is 2.05. The molecule has 0 spiro atoms. The molecule has 0 aliphatic carbocycles. The van der Waals surface area contributed by atoms with Crippen LogP contribution in [0, 0.1) is 0 Å². The maximum atomic E-state index is 11.1. The van der Waals surface area contributed by atoms with Crippen molar-refractivity contribution < 1.29 is 19.2 Å². The summed E-state index contributed by atoms with van der Waals surface area (Å²) in [5, 5.41) is 2.53. The first-order valence-corrected chi connectivity index (χ1v) is 4.47. The molecule has 1 aromatic carbocycles. The number of esters is 1. The van der Waals surface area contributed by atoms with Crippen LogP contribution in [0.2, 0.25) is 0 Å². The second-order valence-electron chi connectivity index (χ2n) is 2.93. The van der Waals surface area contributed by atoms with Gasteiger partial charge in [-0.25, -0.2) is 10.7 Å². The Bertz CT molecular complexity index is 375. The molecule has 0 radical (unpaired) electrons. The van der Waals surface area contributed by atoms with Gasteiger partial charge in [0.25, 0.3) is 5.91 Å². The molecule has 1 amide bonds. The summed E-state index contributed by atoms with van der Waals surface area (Å²) in [5.74, 6) is 3.95. The van der Waals surface area contributed by atoms with Crippen LogP contribution in [0.1, 0.15) is 10.4 Å². The van der Waals surface area contributed by atoms with E-state index in [1.165, 1.54) is 7.11 Å². The summed E-state index contributed by atoms with van der Waals surface area (Å²) < 4.78 is 4.53. The highest BCUT2D eigenvalue weighted by Crippen LogP contribution is 2.10. The molecule has 16 heavy (non-hydrogen) atoms. The number of benzene rings is 1. The van der Waals surface area contributed by atoms with Crippen molar-refractivity contribution in [3.8, 4) is 0 Å². The highest BCUT2D eigenvalue weighted by atomic mass is 16.6. The van der Waals surface area contributed by atoms with E-state index in [0.29, 0.717) is 11.3 Å². The van der Waals surface area contributed by atoms with Gasteiger partial charge in [0, 0.05) is 5.69 Å². The minimum atomic E-state index is -0.428. The number of amides is 1. The fraction of sp³-hybridized carbons (Fsp3) is 0.200. The summed E-state index contributed by atoms with van der Waals surface area (Å²) in [6.45, 7) is -0.223. The van der Waals surface area contributed by atoms with Crippen LogP contribution in [0.3, 0.4) is 0 Å². The lowest BCUT2D eigenvalue weighted by molar-refractivity contribution is -0.120. The number of ether oxygens (including phenoxy) is 1. The van der Waals surface area contributed by atoms with Crippen molar-refractivity contribution in [3.63, 3.8) is 0 Å². The lowest BCUT2D eigenvalue weighted by Gasteiger charge is -2.04. The van der Waals surface area contributed by atoms with Gasteiger partial charge in [0.05, 0.1) is 12.7 Å². The zero-order valence-corrected chi connectivity index (χ0v) is 8.73. The number of hydrogen-bond acceptors (Lipinski definition) is 5. The van der Waals surface area contributed by atoms with Crippen LogP contribution in [0.5, 0.6) is 0 Å². The topological polar surface area (TPSA) is 90.6 Å². The third kappa shape index (κ3) is 3.34. The zero-order valence-electron chi connectivity index (χ0n) is 8.73. The summed E-state index contributed by atoms with van der Waals surface area (Å²) in [6, 6.07) is 6.26. The van der Waals surface area contributed by atoms with Gasteiger partial charge in [-0.1, -0.05) is 0 Å². The molecule has 1 aromatic rings. The fourth-order valence-electron chi connectivity index (χ4n) is 1.08. The number of nitrogens with one attached hydrogen (secondary N) is 1. The summed E-state index contributed by atoms with van der Waals surface area (Å²) in [4.78, 5) is 26.4. The molecule has 0 saturated carbocycles. The van der Waals surface area contributed by atoms with Gasteiger partial charge in [-0.3, -0.25) is 9.63 Å². The molecule has 0 fully saturated rings. The van der Waals surface area contributed by atoms with Gasteiger partial charge in [0.15, 0.2) is 0 Å². The summed E-state index contributed by atoms with van der Waals surface area (Å²) >= 11 is 0. The fourth-order valence-corrected chi connectivity index (χ4v) is 1.08. The van der Waals surface area contributed by atoms with Crippen LogP contribution in [-0.4, -0.2) is 25.6 Å². The van der Waals surface area contributed by atoms with Gasteiger partial charge < -0.3 is 10.1 Å². The first-order valence-electron chi connectivity index (χ1n) is 4.47. The molecule has 0 aliphatic rings. The van der Waals surface area contributed by atoms with Crippen molar-refractivity contribution in [2.75, 3.05) is 19.0 Å². The van der Waals surface area contributed by atoms with E-state index in [0.717, 1.165) is 0 Å². The number of anilines is 1. The molecule has 0 aromatic heterocycles. The Hall–Kier alpha value is -1.92. The van der Waals surface area contributed by atoms with Crippen molar-refractivity contribution >= 4 is 17.6 Å². The quantitative estimate of drug-likeness (QED) is 0.567. The number of nitrogens with two attached hydrogens (primary N) is 1. The number of rotatable bonds is 4. The van der Waals surface area contributed by atoms with Crippen LogP contribution >= 0.6 is 0 Å². The molecule has 0 unspecified atom stereocenters. The minimum Gasteiger partial charge on any atom is -0.465 e. The molecular weight excluding hydrogens is 212 g/mol. The smallest absolute Gasteiger partial charge is 0.337 e. The lowest BCUT2D eigenvalue weighted by Crippen LogP contribution is -2.20. The maximum absolute atomic E-state index is 11.1. The number of carbonyl (C=O) groups is 2. The Morgan fingerprint density at radius 1 is 1.31 bits per heavy atom. The molecular formula is C10H12N2O4. The third-order valence-corrected chi connectivity index (χ3v) is 1.80. The van der Waals surface area contributed by atoms with E-state index in [4.69, 9.17) is 5.90 Å². The molecule has 3 N–H and O–H groups in total. The van der Waals surface area contributed by atoms with E-state index < -0.39 is 5.97 Å². The van der Waals surface area contributed by atoms with Gasteiger partial charge in [-0.05, 0) is 24.3 Å². The Morgan fingerprint density at radius 3 is 2.44 bits per heavy atom. The molecule has 0 saturated heterocycles. The predicted octanol–water partition coefficient (Wildman–Crippen LogP) is 0.302. The largest absolute Gasteiger partial charge is 0.465 e. The van der Waals surface area contributed by atoms with E-state index in [9.17, 15) is 9.59 Å². The first kappa shape index (κ1) is 12.2. The van der Waals surface area contributed by atoms with Gasteiger partial charge in [-0.2, -0.15) is 0 Å². The van der Waals surface area contributed by atoms with E-state index in [1.54, 1.807) is 24.3 Å². The normalized spacial score (nSPS) is 9.62. The van der Waals surface area contributed by atoms with Crippen molar-refractivity contribution in [1.29, 1.82) is 0 Å². The average molecular weight is 224 g/mol. The monoisotopic (exact) mass is 224 g/mol. The summed E-state index contributed by atoms with van der Waals surface area (Å²) in [6.07, 6.45) is 0. The Balaban J connectivity index is 2.64. The number of methoxy groups -OCH3 is 1. The van der Waals surface area contributed by atoms with Crippen molar-refractivity contribution in [1.82, 2.24) is 0 Å². The van der Waals surface area contributed by atoms with Crippen LogP contribution in [0.25, 0.3) is 0 Å². The number of carbonyl (C=O) groups excluding carboxylic acids is 2. The molecule has 86 valence electrons. The van der Waals surface area contributed by atoms with Crippen LogP contribution in [0.15, 0.2) is 24.3 Å². The van der Waals surface area contributed by atoms with E-state index in [-0.39, 0.29) is 12.5 Å². The second kappa shape index (κ2) is 5.84. The van der Waals surface area contributed by atoms with Gasteiger partial charge in [0.2, 0.25) is 0 Å². The maximum Gasteiger partial charge on any atom is 0.337 e. The minimum absolute atomic E-state index is 0.223. The third-order valence-electron chi connectivity index (χ3n) is 1.80. The summed E-state index contributed by atoms with van der Waals surface area (Å²) in [5.41, 5.74) is 0.963. The van der Waals surface area contributed by atoms with Crippen molar-refractivity contribution in [2.24, 2.45) is 5.90 Å². The molecule has 1 rings (SSSR count). The predicted molar refractivity (Wildman–Crippen MR) is 56.6 cm³/mol. The standard InChI is InChI=1S/C10H12N2O4/c1-15-10(14)7-2-4-8(5-3-7)12-9(13)6-16-11/h2-5H,6,11H2,1H3,(H,12,13). The van der Waals surface area contributed by atoms with Crippen molar-refractivity contribution in [3.05, 3.63) is 29.8 Å². The Kier molecular flexibility index (Phi) is 4.43.